The smallest absolute Gasteiger partial charge is 0.239 e. The number of hydrogen-bond acceptors (Lipinski definition) is 4. The number of halogens is 1. The molecule has 80 valence electrons. The molecular formula is C9H11BrN4O. The average Bonchev–Trinajstić information content (AvgIpc) is 2.16. The van der Waals surface area contributed by atoms with E-state index in [9.17, 15) is 4.79 Å². The molecule has 0 aliphatic carbocycles. The molecule has 0 radical (unpaired) electrons. The highest BCUT2D eigenvalue weighted by molar-refractivity contribution is 9.10. The number of anilines is 1. The zero-order chi connectivity index (χ0) is 10.8. The van der Waals surface area contributed by atoms with Crippen LogP contribution in [0.4, 0.5) is 5.82 Å². The number of hydrogen-bond donors (Lipinski definition) is 1. The minimum atomic E-state index is 0.0358. The van der Waals surface area contributed by atoms with Crippen molar-refractivity contribution >= 4 is 27.7 Å². The normalized spacial score (nSPS) is 16.4. The van der Waals surface area contributed by atoms with E-state index < -0.39 is 0 Å². The highest BCUT2D eigenvalue weighted by atomic mass is 79.9. The lowest BCUT2D eigenvalue weighted by Gasteiger charge is -2.27. The van der Waals surface area contributed by atoms with Crippen LogP contribution in [-0.2, 0) is 4.79 Å². The van der Waals surface area contributed by atoms with Crippen molar-refractivity contribution in [1.29, 1.82) is 0 Å². The van der Waals surface area contributed by atoms with E-state index >= 15 is 0 Å². The number of carbonyl (C=O) groups is 1. The molecule has 0 aromatic carbocycles. The molecule has 2 rings (SSSR count). The summed E-state index contributed by atoms with van der Waals surface area (Å²) in [6, 6.07) is 1.88. The second-order valence-corrected chi connectivity index (χ2v) is 4.12. The number of nitrogens with zero attached hydrogens (tertiary/aromatic N) is 3. The van der Waals surface area contributed by atoms with E-state index in [2.05, 4.69) is 31.2 Å². The van der Waals surface area contributed by atoms with Crippen molar-refractivity contribution in [3.05, 3.63) is 16.5 Å². The molecule has 0 saturated carbocycles. The highest BCUT2D eigenvalue weighted by Crippen LogP contribution is 2.15. The molecule has 0 atom stereocenters. The van der Waals surface area contributed by atoms with Crippen molar-refractivity contribution in [3.8, 4) is 0 Å². The third kappa shape index (κ3) is 2.44. The lowest BCUT2D eigenvalue weighted by molar-refractivity contribution is -0.120. The summed E-state index contributed by atoms with van der Waals surface area (Å²) in [7, 11) is 0. The number of piperazine rings is 1. The third-order valence-electron chi connectivity index (χ3n) is 2.18. The number of nitrogens with one attached hydrogen (secondary N) is 1. The van der Waals surface area contributed by atoms with Crippen LogP contribution < -0.4 is 10.2 Å². The van der Waals surface area contributed by atoms with Crippen LogP contribution in [0.3, 0.4) is 0 Å². The molecule has 1 saturated heterocycles. The third-order valence-corrected chi connectivity index (χ3v) is 2.53. The van der Waals surface area contributed by atoms with Gasteiger partial charge < -0.3 is 10.2 Å². The van der Waals surface area contributed by atoms with Gasteiger partial charge in [0, 0.05) is 24.8 Å². The molecule has 0 bridgehead atoms. The molecule has 15 heavy (non-hydrogen) atoms. The van der Waals surface area contributed by atoms with Crippen LogP contribution in [0.5, 0.6) is 0 Å². The minimum absolute atomic E-state index is 0.0358. The summed E-state index contributed by atoms with van der Waals surface area (Å²) in [6.07, 6.45) is 0. The van der Waals surface area contributed by atoms with Gasteiger partial charge in [-0.2, -0.15) is 0 Å². The number of rotatable bonds is 1. The van der Waals surface area contributed by atoms with Gasteiger partial charge in [0.2, 0.25) is 5.91 Å². The quantitative estimate of drug-likeness (QED) is 0.755. The summed E-state index contributed by atoms with van der Waals surface area (Å²) in [4.78, 5) is 21.5. The van der Waals surface area contributed by atoms with Gasteiger partial charge in [0.05, 0.1) is 6.54 Å². The van der Waals surface area contributed by atoms with Crippen molar-refractivity contribution < 1.29 is 4.79 Å². The molecule has 1 N–H and O–H groups in total. The van der Waals surface area contributed by atoms with Gasteiger partial charge in [-0.1, -0.05) is 0 Å². The number of amides is 1. The molecule has 1 fully saturated rings. The second kappa shape index (κ2) is 4.14. The van der Waals surface area contributed by atoms with Crippen LogP contribution in [0.2, 0.25) is 0 Å². The monoisotopic (exact) mass is 270 g/mol. The van der Waals surface area contributed by atoms with E-state index in [0.29, 0.717) is 17.8 Å². The van der Waals surface area contributed by atoms with E-state index in [-0.39, 0.29) is 5.91 Å². The maximum Gasteiger partial charge on any atom is 0.239 e. The van der Waals surface area contributed by atoms with Gasteiger partial charge in [0.1, 0.15) is 5.82 Å². The first-order valence-corrected chi connectivity index (χ1v) is 5.47. The molecule has 0 unspecified atom stereocenters. The molecule has 0 spiro atoms. The Morgan fingerprint density at radius 2 is 2.33 bits per heavy atom. The Morgan fingerprint density at radius 1 is 1.53 bits per heavy atom. The van der Waals surface area contributed by atoms with Crippen LogP contribution >= 0.6 is 15.9 Å². The molecule has 1 aromatic heterocycles. The molecule has 1 aliphatic rings. The van der Waals surface area contributed by atoms with Crippen LogP contribution in [0.1, 0.15) is 5.69 Å². The predicted octanol–water partition coefficient (Wildman–Crippen LogP) is 0.484. The van der Waals surface area contributed by atoms with Gasteiger partial charge in [-0.3, -0.25) is 4.79 Å². The van der Waals surface area contributed by atoms with Gasteiger partial charge in [-0.05, 0) is 22.9 Å². The minimum Gasteiger partial charge on any atom is -0.353 e. The number of aryl methyl sites for hydroxylation is 1. The van der Waals surface area contributed by atoms with Crippen LogP contribution in [0, 0.1) is 6.92 Å². The Hall–Kier alpha value is -1.17. The van der Waals surface area contributed by atoms with Gasteiger partial charge in [-0.25, -0.2) is 9.97 Å². The van der Waals surface area contributed by atoms with E-state index in [1.165, 1.54) is 0 Å². The summed E-state index contributed by atoms with van der Waals surface area (Å²) in [6.45, 7) is 3.72. The molecule has 1 amide bonds. The largest absolute Gasteiger partial charge is 0.353 e. The second-order valence-electron chi connectivity index (χ2n) is 3.41. The number of carbonyl (C=O) groups excluding carboxylic acids is 1. The Kier molecular flexibility index (Phi) is 2.86. The Morgan fingerprint density at radius 3 is 3.00 bits per heavy atom. The van der Waals surface area contributed by atoms with Crippen molar-refractivity contribution in [2.75, 3.05) is 24.5 Å². The van der Waals surface area contributed by atoms with Crippen LogP contribution in [-0.4, -0.2) is 35.5 Å². The van der Waals surface area contributed by atoms with E-state index in [1.54, 1.807) is 0 Å². The lowest BCUT2D eigenvalue weighted by atomic mass is 10.3. The number of aromatic nitrogens is 2. The SMILES string of the molecule is Cc1cc(N2CCNC(=O)C2)nc(Br)n1. The van der Waals surface area contributed by atoms with Crippen molar-refractivity contribution in [1.82, 2.24) is 15.3 Å². The summed E-state index contributed by atoms with van der Waals surface area (Å²) in [5.74, 6) is 0.831. The molecule has 1 aliphatic heterocycles. The molecule has 5 nitrogen and oxygen atoms in total. The first-order chi connectivity index (χ1) is 7.15. The van der Waals surface area contributed by atoms with Crippen molar-refractivity contribution in [2.24, 2.45) is 0 Å². The van der Waals surface area contributed by atoms with Crippen molar-refractivity contribution in [3.63, 3.8) is 0 Å². The molecular weight excluding hydrogens is 260 g/mol. The summed E-state index contributed by atoms with van der Waals surface area (Å²) < 4.78 is 0.559. The lowest BCUT2D eigenvalue weighted by Crippen LogP contribution is -2.48. The predicted molar refractivity (Wildman–Crippen MR) is 59.7 cm³/mol. The van der Waals surface area contributed by atoms with Gasteiger partial charge in [0.25, 0.3) is 0 Å². The zero-order valence-corrected chi connectivity index (χ0v) is 9.91. The molecule has 1 aromatic rings. The van der Waals surface area contributed by atoms with Crippen LogP contribution in [0.15, 0.2) is 10.8 Å². The summed E-state index contributed by atoms with van der Waals surface area (Å²) in [5.41, 5.74) is 0.887. The summed E-state index contributed by atoms with van der Waals surface area (Å²) >= 11 is 3.25. The van der Waals surface area contributed by atoms with Gasteiger partial charge in [0.15, 0.2) is 4.73 Å². The van der Waals surface area contributed by atoms with E-state index in [4.69, 9.17) is 0 Å². The Labute approximate surface area is 96.0 Å². The molecule has 2 heterocycles. The van der Waals surface area contributed by atoms with Gasteiger partial charge >= 0.3 is 0 Å². The molecule has 6 heteroatoms. The Balaban J connectivity index is 2.24. The summed E-state index contributed by atoms with van der Waals surface area (Å²) in [5, 5.41) is 2.78. The average molecular weight is 271 g/mol. The fourth-order valence-electron chi connectivity index (χ4n) is 1.51. The first-order valence-electron chi connectivity index (χ1n) is 4.68. The fourth-order valence-corrected chi connectivity index (χ4v) is 1.97. The maximum atomic E-state index is 11.2. The highest BCUT2D eigenvalue weighted by Gasteiger charge is 2.17. The Bertz CT molecular complexity index is 375. The topological polar surface area (TPSA) is 58.1 Å². The zero-order valence-electron chi connectivity index (χ0n) is 8.33. The first kappa shape index (κ1) is 10.4. The van der Waals surface area contributed by atoms with Crippen LogP contribution in [0.25, 0.3) is 0 Å². The fraction of sp³-hybridized carbons (Fsp3) is 0.444. The maximum absolute atomic E-state index is 11.2. The van der Waals surface area contributed by atoms with E-state index in [1.807, 2.05) is 17.9 Å². The van der Waals surface area contributed by atoms with Gasteiger partial charge in [-0.15, -0.1) is 0 Å². The van der Waals surface area contributed by atoms with E-state index in [0.717, 1.165) is 18.1 Å². The van der Waals surface area contributed by atoms with Crippen molar-refractivity contribution in [2.45, 2.75) is 6.92 Å². The standard InChI is InChI=1S/C9H11BrN4O/c1-6-4-7(13-9(10)12-6)14-3-2-11-8(15)5-14/h4H,2-3,5H2,1H3,(H,11,15).